The Labute approximate surface area is 170 Å². The number of aryl methyl sites for hydroxylation is 1. The van der Waals surface area contributed by atoms with Crippen LogP contribution >= 0.6 is 35.3 Å². The van der Waals surface area contributed by atoms with E-state index in [0.717, 1.165) is 22.8 Å². The molecule has 25 heavy (non-hydrogen) atoms. The number of guanidine groups is 1. The molecule has 0 radical (unpaired) electrons. The van der Waals surface area contributed by atoms with Crippen LogP contribution in [-0.4, -0.2) is 17.5 Å². The molecule has 2 aromatic rings. The van der Waals surface area contributed by atoms with Crippen LogP contribution in [0.5, 0.6) is 0 Å². The van der Waals surface area contributed by atoms with E-state index in [1.807, 2.05) is 13.0 Å². The SMILES string of the molecule is CCNC(=NCc1ccc(C)c(F)c1)NCc1nc(C(C)C)cs1.I. The summed E-state index contributed by atoms with van der Waals surface area (Å²) >= 11 is 1.65. The van der Waals surface area contributed by atoms with E-state index in [4.69, 9.17) is 0 Å². The van der Waals surface area contributed by atoms with Gasteiger partial charge in [0.1, 0.15) is 10.8 Å². The maximum absolute atomic E-state index is 13.6. The molecule has 0 aliphatic carbocycles. The molecule has 2 rings (SSSR count). The van der Waals surface area contributed by atoms with E-state index in [2.05, 4.69) is 39.8 Å². The van der Waals surface area contributed by atoms with Crippen molar-refractivity contribution in [3.8, 4) is 0 Å². The zero-order valence-electron chi connectivity index (χ0n) is 15.1. The number of halogens is 2. The molecular weight excluding hydrogens is 450 g/mol. The van der Waals surface area contributed by atoms with Crippen LogP contribution < -0.4 is 10.6 Å². The Bertz CT molecular complexity index is 700. The Kier molecular flexibility index (Phi) is 9.34. The van der Waals surface area contributed by atoms with Gasteiger partial charge in [-0.3, -0.25) is 0 Å². The fraction of sp³-hybridized carbons (Fsp3) is 0.444. The second-order valence-electron chi connectivity index (χ2n) is 5.95. The zero-order chi connectivity index (χ0) is 17.5. The average molecular weight is 476 g/mol. The summed E-state index contributed by atoms with van der Waals surface area (Å²) in [5, 5.41) is 9.61. The third-order valence-corrected chi connectivity index (χ3v) is 4.44. The second kappa shape index (κ2) is 10.7. The first kappa shape index (κ1) is 21.8. The lowest BCUT2D eigenvalue weighted by Crippen LogP contribution is -2.36. The largest absolute Gasteiger partial charge is 0.357 e. The Morgan fingerprint density at radius 1 is 1.32 bits per heavy atom. The van der Waals surface area contributed by atoms with E-state index in [9.17, 15) is 4.39 Å². The van der Waals surface area contributed by atoms with Crippen LogP contribution in [0.4, 0.5) is 4.39 Å². The van der Waals surface area contributed by atoms with Gasteiger partial charge in [-0.25, -0.2) is 14.4 Å². The van der Waals surface area contributed by atoms with Gasteiger partial charge in [-0.1, -0.05) is 26.0 Å². The first-order valence-corrected chi connectivity index (χ1v) is 9.09. The van der Waals surface area contributed by atoms with E-state index < -0.39 is 0 Å². The highest BCUT2D eigenvalue weighted by atomic mass is 127. The second-order valence-corrected chi connectivity index (χ2v) is 6.90. The highest BCUT2D eigenvalue weighted by molar-refractivity contribution is 14.0. The smallest absolute Gasteiger partial charge is 0.191 e. The Hall–Kier alpha value is -1.22. The van der Waals surface area contributed by atoms with Crippen molar-refractivity contribution in [3.05, 3.63) is 51.2 Å². The number of aromatic nitrogens is 1. The molecule has 138 valence electrons. The van der Waals surface area contributed by atoms with Crippen LogP contribution in [-0.2, 0) is 13.1 Å². The number of thiazole rings is 1. The highest BCUT2D eigenvalue weighted by Crippen LogP contribution is 2.17. The number of nitrogens with one attached hydrogen (secondary N) is 2. The van der Waals surface area contributed by atoms with Crippen molar-refractivity contribution < 1.29 is 4.39 Å². The third kappa shape index (κ3) is 6.89. The van der Waals surface area contributed by atoms with Crippen LogP contribution in [0.15, 0.2) is 28.6 Å². The molecule has 1 aromatic carbocycles. The van der Waals surface area contributed by atoms with Crippen LogP contribution in [0.25, 0.3) is 0 Å². The minimum absolute atomic E-state index is 0. The predicted molar refractivity (Wildman–Crippen MR) is 114 cm³/mol. The zero-order valence-corrected chi connectivity index (χ0v) is 18.2. The number of hydrogen-bond acceptors (Lipinski definition) is 3. The van der Waals surface area contributed by atoms with Crippen molar-refractivity contribution in [3.63, 3.8) is 0 Å². The summed E-state index contributed by atoms with van der Waals surface area (Å²) in [6.45, 7) is 9.88. The van der Waals surface area contributed by atoms with Crippen LogP contribution in [0.2, 0.25) is 0 Å². The predicted octanol–water partition coefficient (Wildman–Crippen LogP) is 4.59. The van der Waals surface area contributed by atoms with Gasteiger partial charge in [0.2, 0.25) is 0 Å². The third-order valence-electron chi connectivity index (χ3n) is 3.57. The van der Waals surface area contributed by atoms with Crippen LogP contribution in [0.1, 0.15) is 48.5 Å². The first-order valence-electron chi connectivity index (χ1n) is 8.21. The van der Waals surface area contributed by atoms with Gasteiger partial charge in [0.15, 0.2) is 5.96 Å². The average Bonchev–Trinajstić information content (AvgIpc) is 3.02. The van der Waals surface area contributed by atoms with Gasteiger partial charge in [0.05, 0.1) is 18.8 Å². The molecule has 0 saturated carbocycles. The minimum Gasteiger partial charge on any atom is -0.357 e. The number of aliphatic imine (C=N–C) groups is 1. The first-order chi connectivity index (χ1) is 11.5. The normalized spacial score (nSPS) is 11.4. The van der Waals surface area contributed by atoms with E-state index in [-0.39, 0.29) is 29.8 Å². The lowest BCUT2D eigenvalue weighted by molar-refractivity contribution is 0.616. The molecule has 0 unspecified atom stereocenters. The van der Waals surface area contributed by atoms with E-state index in [1.54, 1.807) is 24.3 Å². The van der Waals surface area contributed by atoms with Gasteiger partial charge >= 0.3 is 0 Å². The Morgan fingerprint density at radius 3 is 2.68 bits per heavy atom. The fourth-order valence-corrected chi connectivity index (χ4v) is 2.97. The number of hydrogen-bond donors (Lipinski definition) is 2. The molecule has 0 amide bonds. The molecule has 0 aliphatic heterocycles. The topological polar surface area (TPSA) is 49.3 Å². The quantitative estimate of drug-likeness (QED) is 0.365. The van der Waals surface area contributed by atoms with Gasteiger partial charge in [-0.2, -0.15) is 0 Å². The van der Waals surface area contributed by atoms with E-state index >= 15 is 0 Å². The van der Waals surface area contributed by atoms with Crippen molar-refractivity contribution in [2.45, 2.75) is 46.7 Å². The van der Waals surface area contributed by atoms with Crippen LogP contribution in [0.3, 0.4) is 0 Å². The molecule has 0 atom stereocenters. The molecule has 0 saturated heterocycles. The molecular formula is C18H26FIN4S. The molecule has 0 spiro atoms. The summed E-state index contributed by atoms with van der Waals surface area (Å²) in [5.74, 6) is 0.956. The minimum atomic E-state index is -0.190. The van der Waals surface area contributed by atoms with E-state index in [0.29, 0.717) is 30.5 Å². The van der Waals surface area contributed by atoms with Gasteiger partial charge in [0, 0.05) is 11.9 Å². The summed E-state index contributed by atoms with van der Waals surface area (Å²) in [4.78, 5) is 9.12. The monoisotopic (exact) mass is 476 g/mol. The van der Waals surface area contributed by atoms with Gasteiger partial charge in [-0.05, 0) is 37.0 Å². The van der Waals surface area contributed by atoms with Gasteiger partial charge < -0.3 is 10.6 Å². The molecule has 0 aliphatic rings. The lowest BCUT2D eigenvalue weighted by Gasteiger charge is -2.10. The molecule has 0 fully saturated rings. The summed E-state index contributed by atoms with van der Waals surface area (Å²) in [6, 6.07) is 5.23. The molecule has 0 bridgehead atoms. The molecule has 1 aromatic heterocycles. The number of benzene rings is 1. The maximum atomic E-state index is 13.6. The van der Waals surface area contributed by atoms with Crippen molar-refractivity contribution in [1.29, 1.82) is 0 Å². The standard InChI is InChI=1S/C18H25FN4S.HI/c1-5-20-18(21-9-14-7-6-13(4)15(19)8-14)22-10-17-23-16(11-24-17)12(2)3;/h6-8,11-12H,5,9-10H2,1-4H3,(H2,20,21,22);1H. The lowest BCUT2D eigenvalue weighted by atomic mass is 10.1. The maximum Gasteiger partial charge on any atom is 0.191 e. The molecule has 2 N–H and O–H groups in total. The number of rotatable bonds is 6. The fourth-order valence-electron chi connectivity index (χ4n) is 2.08. The van der Waals surface area contributed by atoms with Crippen LogP contribution in [0, 0.1) is 12.7 Å². The Balaban J connectivity index is 0.00000312. The molecule has 7 heteroatoms. The molecule has 1 heterocycles. The van der Waals surface area contributed by atoms with E-state index in [1.165, 1.54) is 6.07 Å². The van der Waals surface area contributed by atoms with Crippen molar-refractivity contribution >= 4 is 41.3 Å². The molecule has 4 nitrogen and oxygen atoms in total. The summed E-state index contributed by atoms with van der Waals surface area (Å²) < 4.78 is 13.6. The van der Waals surface area contributed by atoms with Crippen molar-refractivity contribution in [2.24, 2.45) is 4.99 Å². The summed E-state index contributed by atoms with van der Waals surface area (Å²) in [7, 11) is 0. The highest BCUT2D eigenvalue weighted by Gasteiger charge is 2.06. The Morgan fingerprint density at radius 2 is 2.08 bits per heavy atom. The van der Waals surface area contributed by atoms with Gasteiger partial charge in [0.25, 0.3) is 0 Å². The van der Waals surface area contributed by atoms with Crippen molar-refractivity contribution in [1.82, 2.24) is 15.6 Å². The summed E-state index contributed by atoms with van der Waals surface area (Å²) in [6.07, 6.45) is 0. The van der Waals surface area contributed by atoms with Crippen molar-refractivity contribution in [2.75, 3.05) is 6.54 Å². The summed E-state index contributed by atoms with van der Waals surface area (Å²) in [5.41, 5.74) is 2.62. The van der Waals surface area contributed by atoms with Gasteiger partial charge in [-0.15, -0.1) is 35.3 Å². The number of nitrogens with zero attached hydrogens (tertiary/aromatic N) is 2.